The topological polar surface area (TPSA) is 46.3 Å². The summed E-state index contributed by atoms with van der Waals surface area (Å²) in [6.07, 6.45) is 7.16. The van der Waals surface area contributed by atoms with Crippen molar-refractivity contribution in [1.29, 1.82) is 0 Å². The van der Waals surface area contributed by atoms with Gasteiger partial charge in [0.1, 0.15) is 0 Å². The molecule has 2 rings (SSSR count). The molecule has 0 aromatic rings. The van der Waals surface area contributed by atoms with E-state index in [2.05, 4.69) is 6.92 Å². The molecule has 0 spiro atoms. The van der Waals surface area contributed by atoms with Crippen LogP contribution in [0.2, 0.25) is 0 Å². The Kier molecular flexibility index (Phi) is 3.71. The summed E-state index contributed by atoms with van der Waals surface area (Å²) >= 11 is 5.18. The Morgan fingerprint density at radius 1 is 1.41 bits per heavy atom. The van der Waals surface area contributed by atoms with E-state index in [-0.39, 0.29) is 5.91 Å². The Bertz CT molecular complexity index is 323. The molecule has 1 amide bonds. The third-order valence-corrected chi connectivity index (χ3v) is 4.84. The van der Waals surface area contributed by atoms with Crippen LogP contribution in [0.1, 0.15) is 51.9 Å². The lowest BCUT2D eigenvalue weighted by Crippen LogP contribution is -2.50. The lowest BCUT2D eigenvalue weighted by atomic mass is 9.84. The summed E-state index contributed by atoms with van der Waals surface area (Å²) < 4.78 is 0. The summed E-state index contributed by atoms with van der Waals surface area (Å²) in [5.41, 5.74) is 5.37. The minimum atomic E-state index is -0.507. The first-order valence-electron chi connectivity index (χ1n) is 6.73. The van der Waals surface area contributed by atoms with Gasteiger partial charge in [0.05, 0.1) is 10.4 Å². The van der Waals surface area contributed by atoms with E-state index in [4.69, 9.17) is 18.0 Å². The van der Waals surface area contributed by atoms with Crippen LogP contribution in [0.3, 0.4) is 0 Å². The highest BCUT2D eigenvalue weighted by Gasteiger charge is 2.47. The Hall–Kier alpha value is -0.640. The molecule has 1 atom stereocenters. The van der Waals surface area contributed by atoms with Gasteiger partial charge in [-0.25, -0.2) is 0 Å². The summed E-state index contributed by atoms with van der Waals surface area (Å²) in [5, 5.41) is 0. The van der Waals surface area contributed by atoms with Gasteiger partial charge in [-0.2, -0.15) is 0 Å². The largest absolute Gasteiger partial charge is 0.392 e. The molecule has 0 radical (unpaired) electrons. The van der Waals surface area contributed by atoms with E-state index in [1.165, 1.54) is 0 Å². The Balaban J connectivity index is 2.20. The smallest absolute Gasteiger partial charge is 0.235 e. The average Bonchev–Trinajstić information content (AvgIpc) is 2.97. The minimum Gasteiger partial charge on any atom is -0.392 e. The number of amides is 1. The first kappa shape index (κ1) is 12.8. The number of thiocarbonyl (C=S) groups is 1. The molecule has 1 aliphatic heterocycles. The van der Waals surface area contributed by atoms with Crippen molar-refractivity contribution in [3.05, 3.63) is 0 Å². The molecule has 17 heavy (non-hydrogen) atoms. The highest BCUT2D eigenvalue weighted by Crippen LogP contribution is 2.41. The fourth-order valence-electron chi connectivity index (χ4n) is 3.35. The first-order chi connectivity index (χ1) is 8.12. The summed E-state index contributed by atoms with van der Waals surface area (Å²) in [6.45, 7) is 3.04. The number of carbonyl (C=O) groups excluding carboxylic acids is 1. The molecule has 1 unspecified atom stereocenters. The van der Waals surface area contributed by atoms with Crippen LogP contribution in [-0.2, 0) is 4.79 Å². The maximum atomic E-state index is 12.7. The van der Waals surface area contributed by atoms with Gasteiger partial charge in [0.2, 0.25) is 5.91 Å². The molecule has 1 aliphatic carbocycles. The van der Waals surface area contributed by atoms with Crippen molar-refractivity contribution in [3.8, 4) is 0 Å². The van der Waals surface area contributed by atoms with E-state index < -0.39 is 5.41 Å². The Morgan fingerprint density at radius 3 is 2.59 bits per heavy atom. The van der Waals surface area contributed by atoms with Crippen molar-refractivity contribution >= 4 is 23.1 Å². The lowest BCUT2D eigenvalue weighted by Gasteiger charge is -2.34. The molecule has 2 aliphatic rings. The van der Waals surface area contributed by atoms with Crippen molar-refractivity contribution in [3.63, 3.8) is 0 Å². The maximum absolute atomic E-state index is 12.7. The molecule has 4 heteroatoms. The van der Waals surface area contributed by atoms with Crippen LogP contribution in [-0.4, -0.2) is 28.4 Å². The van der Waals surface area contributed by atoms with E-state index in [1.54, 1.807) is 0 Å². The predicted octanol–water partition coefficient (Wildman–Crippen LogP) is 2.23. The van der Waals surface area contributed by atoms with Crippen LogP contribution in [0.5, 0.6) is 0 Å². The van der Waals surface area contributed by atoms with Crippen LogP contribution < -0.4 is 5.73 Å². The zero-order chi connectivity index (χ0) is 12.5. The highest BCUT2D eigenvalue weighted by atomic mass is 32.1. The zero-order valence-corrected chi connectivity index (χ0v) is 11.4. The Morgan fingerprint density at radius 2 is 2.06 bits per heavy atom. The van der Waals surface area contributed by atoms with Crippen molar-refractivity contribution < 1.29 is 4.79 Å². The predicted molar refractivity (Wildman–Crippen MR) is 72.7 cm³/mol. The summed E-state index contributed by atoms with van der Waals surface area (Å²) in [5.74, 6) is 0.215. The molecule has 2 N–H and O–H groups in total. The van der Waals surface area contributed by atoms with Gasteiger partial charge >= 0.3 is 0 Å². The van der Waals surface area contributed by atoms with Gasteiger partial charge in [-0.1, -0.05) is 32.0 Å². The fraction of sp³-hybridized carbons (Fsp3) is 0.846. The van der Waals surface area contributed by atoms with E-state index in [0.29, 0.717) is 11.0 Å². The van der Waals surface area contributed by atoms with E-state index in [1.807, 2.05) is 4.90 Å². The molecule has 0 aromatic carbocycles. The van der Waals surface area contributed by atoms with E-state index >= 15 is 0 Å². The van der Waals surface area contributed by atoms with Gasteiger partial charge in [0, 0.05) is 12.6 Å². The second-order valence-corrected chi connectivity index (χ2v) is 5.80. The zero-order valence-electron chi connectivity index (χ0n) is 10.6. The highest BCUT2D eigenvalue weighted by molar-refractivity contribution is 7.80. The van der Waals surface area contributed by atoms with Gasteiger partial charge in [-0.15, -0.1) is 0 Å². The average molecular weight is 254 g/mol. The maximum Gasteiger partial charge on any atom is 0.235 e. The molecule has 3 nitrogen and oxygen atoms in total. The molecule has 0 bridgehead atoms. The van der Waals surface area contributed by atoms with Crippen LogP contribution in [0.4, 0.5) is 0 Å². The second-order valence-electron chi connectivity index (χ2n) is 5.36. The number of nitrogens with zero attached hydrogens (tertiary/aromatic N) is 1. The summed E-state index contributed by atoms with van der Waals surface area (Å²) in [7, 11) is 0. The van der Waals surface area contributed by atoms with E-state index in [9.17, 15) is 4.79 Å². The van der Waals surface area contributed by atoms with Crippen molar-refractivity contribution in [1.82, 2.24) is 4.90 Å². The third-order valence-electron chi connectivity index (χ3n) is 4.45. The van der Waals surface area contributed by atoms with Gasteiger partial charge in [0.25, 0.3) is 0 Å². The van der Waals surface area contributed by atoms with Crippen LogP contribution >= 0.6 is 12.2 Å². The number of hydrogen-bond donors (Lipinski definition) is 1. The van der Waals surface area contributed by atoms with E-state index in [0.717, 1.165) is 51.5 Å². The molecule has 1 heterocycles. The molecule has 1 saturated heterocycles. The van der Waals surface area contributed by atoms with Crippen LogP contribution in [0, 0.1) is 5.41 Å². The monoisotopic (exact) mass is 254 g/mol. The third kappa shape index (κ3) is 2.07. The molecular weight excluding hydrogens is 232 g/mol. The molecule has 2 fully saturated rings. The summed E-state index contributed by atoms with van der Waals surface area (Å²) in [6, 6.07) is 0.411. The quantitative estimate of drug-likeness (QED) is 0.786. The number of nitrogens with two attached hydrogens (primary N) is 1. The van der Waals surface area contributed by atoms with Gasteiger partial charge in [-0.3, -0.25) is 4.79 Å². The number of carbonyl (C=O) groups is 1. The number of rotatable bonds is 3. The standard InChI is InChI=1S/C13H22N2OS/c1-2-10-6-5-9-15(10)12(16)13(11(14)17)7-3-4-8-13/h10H,2-9H2,1H3,(H2,14,17). The van der Waals surface area contributed by atoms with Gasteiger partial charge < -0.3 is 10.6 Å². The number of likely N-dealkylation sites (tertiary alicyclic amines) is 1. The van der Waals surface area contributed by atoms with Gasteiger partial charge in [-0.05, 0) is 32.1 Å². The molecule has 1 saturated carbocycles. The van der Waals surface area contributed by atoms with Crippen molar-refractivity contribution in [2.24, 2.45) is 11.1 Å². The molecular formula is C13H22N2OS. The second kappa shape index (κ2) is 4.92. The fourth-order valence-corrected chi connectivity index (χ4v) is 3.64. The Labute approximate surface area is 109 Å². The van der Waals surface area contributed by atoms with Crippen LogP contribution in [0.25, 0.3) is 0 Å². The first-order valence-corrected chi connectivity index (χ1v) is 7.13. The molecule has 0 aromatic heterocycles. The van der Waals surface area contributed by atoms with Crippen molar-refractivity contribution in [2.75, 3.05) is 6.54 Å². The molecule has 96 valence electrons. The van der Waals surface area contributed by atoms with Crippen molar-refractivity contribution in [2.45, 2.75) is 57.9 Å². The van der Waals surface area contributed by atoms with Crippen LogP contribution in [0.15, 0.2) is 0 Å². The number of hydrogen-bond acceptors (Lipinski definition) is 2. The SMILES string of the molecule is CCC1CCCN1C(=O)C1(C(N)=S)CCCC1. The normalized spacial score (nSPS) is 27.4. The summed E-state index contributed by atoms with van der Waals surface area (Å²) in [4.78, 5) is 15.2. The minimum absolute atomic E-state index is 0.215. The lowest BCUT2D eigenvalue weighted by molar-refractivity contribution is -0.139. The van der Waals surface area contributed by atoms with Gasteiger partial charge in [0.15, 0.2) is 0 Å².